The topological polar surface area (TPSA) is 91.1 Å². The second-order valence-corrected chi connectivity index (χ2v) is 8.55. The molecule has 0 bridgehead atoms. The van der Waals surface area contributed by atoms with Crippen LogP contribution in [0.25, 0.3) is 5.65 Å². The predicted molar refractivity (Wildman–Crippen MR) is 134 cm³/mol. The minimum absolute atomic E-state index is 0.175. The number of ether oxygens (including phenoxy) is 3. The van der Waals surface area contributed by atoms with Gasteiger partial charge in [0, 0.05) is 25.1 Å². The summed E-state index contributed by atoms with van der Waals surface area (Å²) in [4.78, 5) is 24.2. The Morgan fingerprint density at radius 1 is 0.919 bits per heavy atom. The van der Waals surface area contributed by atoms with Gasteiger partial charge in [0.15, 0.2) is 17.1 Å². The van der Waals surface area contributed by atoms with Crippen molar-refractivity contribution in [3.05, 3.63) is 114 Å². The number of fused-ring (bicyclic) bond motifs is 2. The van der Waals surface area contributed by atoms with E-state index in [1.807, 2.05) is 60.7 Å². The molecule has 0 atom stereocenters. The monoisotopic (exact) mass is 493 g/mol. The number of carbonyl (C=O) groups excluding carboxylic acids is 1. The third-order valence-electron chi connectivity index (χ3n) is 5.99. The molecule has 0 fully saturated rings. The van der Waals surface area contributed by atoms with Gasteiger partial charge < -0.3 is 19.1 Å². The number of hydrogen-bond donors (Lipinski definition) is 0. The van der Waals surface area contributed by atoms with Crippen LogP contribution in [-0.4, -0.2) is 37.2 Å². The van der Waals surface area contributed by atoms with E-state index >= 15 is 0 Å². The molecule has 0 saturated carbocycles. The normalized spacial score (nSPS) is 12.0. The molecule has 0 unspecified atom stereocenters. The van der Waals surface area contributed by atoms with Crippen LogP contribution < -0.4 is 14.2 Å². The van der Waals surface area contributed by atoms with Crippen molar-refractivity contribution < 1.29 is 19.0 Å². The van der Waals surface area contributed by atoms with Gasteiger partial charge in [0.25, 0.3) is 5.91 Å². The third-order valence-corrected chi connectivity index (χ3v) is 5.99. The molecule has 9 heteroatoms. The van der Waals surface area contributed by atoms with E-state index in [9.17, 15) is 4.79 Å². The highest BCUT2D eigenvalue weighted by molar-refractivity contribution is 5.99. The number of benzene rings is 2. The van der Waals surface area contributed by atoms with E-state index in [1.54, 1.807) is 40.3 Å². The molecule has 1 aliphatic heterocycles. The molecule has 5 aromatic rings. The standard InChI is InChI=1S/C28H23N5O4/c34-28(24-15-31-33-12-4-11-30-27(24)33)32(17-22-6-1-2-10-29-22)16-20-5-3-7-23(13-20)35-18-21-8-9-25-26(14-21)37-19-36-25/h1-15H,16-19H2. The van der Waals surface area contributed by atoms with E-state index in [1.165, 1.54) is 0 Å². The zero-order chi connectivity index (χ0) is 25.0. The first kappa shape index (κ1) is 22.5. The van der Waals surface area contributed by atoms with E-state index in [-0.39, 0.29) is 12.7 Å². The number of carbonyl (C=O) groups is 1. The average molecular weight is 494 g/mol. The molecule has 1 amide bonds. The van der Waals surface area contributed by atoms with Crippen LogP contribution in [0.2, 0.25) is 0 Å². The molecule has 0 N–H and O–H groups in total. The summed E-state index contributed by atoms with van der Waals surface area (Å²) in [5.74, 6) is 2.00. The maximum atomic E-state index is 13.7. The maximum absolute atomic E-state index is 13.7. The number of hydrogen-bond acceptors (Lipinski definition) is 7. The van der Waals surface area contributed by atoms with E-state index in [0.29, 0.717) is 36.7 Å². The zero-order valence-corrected chi connectivity index (χ0v) is 19.9. The van der Waals surface area contributed by atoms with Gasteiger partial charge in [0.05, 0.1) is 18.4 Å². The van der Waals surface area contributed by atoms with Crippen LogP contribution in [-0.2, 0) is 19.7 Å². The Morgan fingerprint density at radius 3 is 2.76 bits per heavy atom. The number of amides is 1. The first-order valence-electron chi connectivity index (χ1n) is 11.8. The van der Waals surface area contributed by atoms with Crippen LogP contribution in [0.15, 0.2) is 91.5 Å². The van der Waals surface area contributed by atoms with Gasteiger partial charge in [-0.1, -0.05) is 24.3 Å². The highest BCUT2D eigenvalue weighted by Crippen LogP contribution is 2.32. The second kappa shape index (κ2) is 9.98. The molecule has 0 aliphatic carbocycles. The predicted octanol–water partition coefficient (Wildman–Crippen LogP) is 4.27. The Bertz CT molecular complexity index is 1550. The summed E-state index contributed by atoms with van der Waals surface area (Å²) in [6.07, 6.45) is 6.70. The summed E-state index contributed by atoms with van der Waals surface area (Å²) in [5.41, 5.74) is 3.64. The van der Waals surface area contributed by atoms with Gasteiger partial charge in [0.1, 0.15) is 17.9 Å². The SMILES string of the molecule is O=C(c1cnn2cccnc12)N(Cc1cccc(OCc2ccc3c(c2)OCO3)c1)Cc1ccccn1. The Balaban J connectivity index is 1.22. The van der Waals surface area contributed by atoms with Crippen molar-refractivity contribution in [3.63, 3.8) is 0 Å². The first-order chi connectivity index (χ1) is 18.2. The summed E-state index contributed by atoms with van der Waals surface area (Å²) in [6.45, 7) is 1.32. The lowest BCUT2D eigenvalue weighted by molar-refractivity contribution is 0.0729. The number of aromatic nitrogens is 4. The van der Waals surface area contributed by atoms with Crippen LogP contribution >= 0.6 is 0 Å². The van der Waals surface area contributed by atoms with Gasteiger partial charge in [0.2, 0.25) is 6.79 Å². The Morgan fingerprint density at radius 2 is 1.84 bits per heavy atom. The molecule has 6 rings (SSSR count). The molecule has 9 nitrogen and oxygen atoms in total. The van der Waals surface area contributed by atoms with E-state index in [4.69, 9.17) is 14.2 Å². The molecular weight excluding hydrogens is 470 g/mol. The van der Waals surface area contributed by atoms with Gasteiger partial charge in [-0.3, -0.25) is 9.78 Å². The van der Waals surface area contributed by atoms with Crippen LogP contribution in [0.1, 0.15) is 27.2 Å². The number of pyridine rings is 1. The summed E-state index contributed by atoms with van der Waals surface area (Å²) < 4.78 is 18.5. The van der Waals surface area contributed by atoms with E-state index < -0.39 is 0 Å². The van der Waals surface area contributed by atoms with Crippen LogP contribution in [0.5, 0.6) is 17.2 Å². The quantitative estimate of drug-likeness (QED) is 0.319. The van der Waals surface area contributed by atoms with Gasteiger partial charge in [-0.25, -0.2) is 9.50 Å². The Labute approximate surface area is 212 Å². The Hall–Kier alpha value is -4.92. The molecule has 4 heterocycles. The lowest BCUT2D eigenvalue weighted by Gasteiger charge is -2.22. The average Bonchev–Trinajstić information content (AvgIpc) is 3.59. The summed E-state index contributed by atoms with van der Waals surface area (Å²) in [5, 5.41) is 4.28. The molecule has 0 radical (unpaired) electrons. The van der Waals surface area contributed by atoms with Gasteiger partial charge in [-0.15, -0.1) is 0 Å². The van der Waals surface area contributed by atoms with Crippen molar-refractivity contribution in [2.45, 2.75) is 19.7 Å². The van der Waals surface area contributed by atoms with Crippen molar-refractivity contribution in [2.24, 2.45) is 0 Å². The smallest absolute Gasteiger partial charge is 0.259 e. The fraction of sp³-hybridized carbons (Fsp3) is 0.143. The van der Waals surface area contributed by atoms with Crippen LogP contribution in [0.3, 0.4) is 0 Å². The molecule has 0 spiro atoms. The summed E-state index contributed by atoms with van der Waals surface area (Å²) >= 11 is 0. The van der Waals surface area contributed by atoms with Gasteiger partial charge in [-0.05, 0) is 53.6 Å². The molecule has 0 saturated heterocycles. The molecule has 184 valence electrons. The largest absolute Gasteiger partial charge is 0.489 e. The molecule has 3 aromatic heterocycles. The number of nitrogens with zero attached hydrogens (tertiary/aromatic N) is 5. The van der Waals surface area contributed by atoms with Crippen molar-refractivity contribution in [1.82, 2.24) is 24.5 Å². The zero-order valence-electron chi connectivity index (χ0n) is 19.9. The van der Waals surface area contributed by atoms with E-state index in [0.717, 1.165) is 28.3 Å². The van der Waals surface area contributed by atoms with E-state index in [2.05, 4.69) is 15.1 Å². The highest BCUT2D eigenvalue weighted by atomic mass is 16.7. The molecule has 1 aliphatic rings. The Kier molecular flexibility index (Phi) is 6.08. The first-order valence-corrected chi connectivity index (χ1v) is 11.8. The maximum Gasteiger partial charge on any atom is 0.259 e. The van der Waals surface area contributed by atoms with Gasteiger partial charge in [-0.2, -0.15) is 5.10 Å². The third kappa shape index (κ3) is 4.92. The lowest BCUT2D eigenvalue weighted by atomic mass is 10.1. The van der Waals surface area contributed by atoms with Crippen molar-refractivity contribution in [3.8, 4) is 17.2 Å². The molecular formula is C28H23N5O4. The molecule has 37 heavy (non-hydrogen) atoms. The minimum atomic E-state index is -0.175. The van der Waals surface area contributed by atoms with Crippen molar-refractivity contribution in [1.29, 1.82) is 0 Å². The number of rotatable bonds is 8. The fourth-order valence-corrected chi connectivity index (χ4v) is 4.19. The van der Waals surface area contributed by atoms with Crippen molar-refractivity contribution >= 4 is 11.6 Å². The molecule has 2 aromatic carbocycles. The van der Waals surface area contributed by atoms with Crippen LogP contribution in [0, 0.1) is 0 Å². The van der Waals surface area contributed by atoms with Crippen LogP contribution in [0.4, 0.5) is 0 Å². The summed E-state index contributed by atoms with van der Waals surface area (Å²) in [6, 6.07) is 20.9. The minimum Gasteiger partial charge on any atom is -0.489 e. The second-order valence-electron chi connectivity index (χ2n) is 8.55. The fourth-order valence-electron chi connectivity index (χ4n) is 4.19. The van der Waals surface area contributed by atoms with Gasteiger partial charge >= 0.3 is 0 Å². The highest BCUT2D eigenvalue weighted by Gasteiger charge is 2.22. The lowest BCUT2D eigenvalue weighted by Crippen LogP contribution is -2.30. The van der Waals surface area contributed by atoms with Crippen molar-refractivity contribution in [2.75, 3.05) is 6.79 Å². The summed E-state index contributed by atoms with van der Waals surface area (Å²) in [7, 11) is 0.